The summed E-state index contributed by atoms with van der Waals surface area (Å²) in [4.78, 5) is 15.1. The molecule has 8 heteroatoms. The molecule has 0 amide bonds. The molecule has 1 aliphatic rings. The molecular weight excluding hydrogens is 367 g/mol. The summed E-state index contributed by atoms with van der Waals surface area (Å²) in [6, 6.07) is 8.93. The van der Waals surface area contributed by atoms with E-state index in [4.69, 9.17) is 11.6 Å². The number of hydrogen-bond acceptors (Lipinski definition) is 6. The van der Waals surface area contributed by atoms with Gasteiger partial charge in [-0.15, -0.1) is 0 Å². The molecule has 0 aliphatic carbocycles. The van der Waals surface area contributed by atoms with E-state index in [-0.39, 0.29) is 5.82 Å². The van der Waals surface area contributed by atoms with Crippen molar-refractivity contribution < 1.29 is 4.48 Å². The van der Waals surface area contributed by atoms with Crippen molar-refractivity contribution in [2.45, 2.75) is 19.4 Å². The van der Waals surface area contributed by atoms with Gasteiger partial charge in [0.25, 0.3) is 0 Å². The van der Waals surface area contributed by atoms with Crippen LogP contribution < -0.4 is 10.4 Å². The fraction of sp³-hybridized carbons (Fsp3) is 0.316. The van der Waals surface area contributed by atoms with Gasteiger partial charge < -0.3 is 10.2 Å². The molecule has 0 atom stereocenters. The van der Waals surface area contributed by atoms with Gasteiger partial charge in [0.2, 0.25) is 0 Å². The van der Waals surface area contributed by atoms with Gasteiger partial charge in [-0.05, 0) is 56.3 Å². The maximum absolute atomic E-state index is 15.5. The fourth-order valence-corrected chi connectivity index (χ4v) is 3.40. The molecule has 3 aromatic rings. The second kappa shape index (κ2) is 7.62. The van der Waals surface area contributed by atoms with Crippen LogP contribution in [0.3, 0.4) is 0 Å². The van der Waals surface area contributed by atoms with Crippen molar-refractivity contribution >= 4 is 40.0 Å². The van der Waals surface area contributed by atoms with E-state index in [2.05, 4.69) is 25.2 Å². The largest absolute Gasteiger partial charge is 0.370 e. The Morgan fingerprint density at radius 3 is 2.93 bits per heavy atom. The summed E-state index contributed by atoms with van der Waals surface area (Å²) < 4.78 is 15.5. The quantitative estimate of drug-likeness (QED) is 0.580. The standard InChI is InChI=1S/C19H20ClFN6/c1-26-9-3-2-8-22-17-7-6-15-18(25-17)19(24-12-23-15)27(21)16-10-14(20)5-4-13(16)11-26/h4-7,10,12H,2-3,8-9,11H2,1H3,(H,22,25). The van der Waals surface area contributed by atoms with Crippen LogP contribution in [0.5, 0.6) is 0 Å². The Hall–Kier alpha value is -2.51. The number of pyridine rings is 1. The minimum atomic E-state index is 0.104. The number of hydrogen-bond donors (Lipinski definition) is 1. The topological polar surface area (TPSA) is 57.2 Å². The number of nitrogens with one attached hydrogen (secondary N) is 1. The Morgan fingerprint density at radius 1 is 1.15 bits per heavy atom. The lowest BCUT2D eigenvalue weighted by atomic mass is 10.1. The summed E-state index contributed by atoms with van der Waals surface area (Å²) in [5.41, 5.74) is 2.19. The average Bonchev–Trinajstić information content (AvgIpc) is 2.67. The van der Waals surface area contributed by atoms with Gasteiger partial charge in [0.15, 0.2) is 5.82 Å². The molecule has 1 aliphatic heterocycles. The van der Waals surface area contributed by atoms with E-state index in [0.717, 1.165) is 31.5 Å². The van der Waals surface area contributed by atoms with E-state index in [1.807, 2.05) is 25.2 Å². The average molecular weight is 387 g/mol. The number of benzene rings is 1. The van der Waals surface area contributed by atoms with Crippen LogP contribution in [0, 0.1) is 0 Å². The van der Waals surface area contributed by atoms with Crippen LogP contribution in [-0.2, 0) is 6.54 Å². The number of anilines is 3. The smallest absolute Gasteiger partial charge is 0.192 e. The highest BCUT2D eigenvalue weighted by atomic mass is 35.5. The fourth-order valence-electron chi connectivity index (χ4n) is 3.23. The molecule has 0 fully saturated rings. The molecule has 1 N–H and O–H groups in total. The molecule has 2 bridgehead atoms. The molecule has 0 unspecified atom stereocenters. The minimum Gasteiger partial charge on any atom is -0.370 e. The molecule has 2 aromatic heterocycles. The lowest BCUT2D eigenvalue weighted by molar-refractivity contribution is 0.319. The number of aromatic nitrogens is 3. The molecular formula is C19H20ClFN6. The highest BCUT2D eigenvalue weighted by Crippen LogP contribution is 2.34. The summed E-state index contributed by atoms with van der Waals surface area (Å²) in [6.45, 7) is 2.34. The second-order valence-corrected chi connectivity index (χ2v) is 7.12. The second-order valence-electron chi connectivity index (χ2n) is 6.69. The van der Waals surface area contributed by atoms with Gasteiger partial charge in [0.05, 0.1) is 11.2 Å². The number of nitrogens with zero attached hydrogens (tertiary/aromatic N) is 5. The first kappa shape index (κ1) is 17.9. The Bertz CT molecular complexity index is 966. The lowest BCUT2D eigenvalue weighted by Crippen LogP contribution is -2.21. The SMILES string of the molecule is CN1CCCCNc2ccc3ncnc(c3n2)N(F)c2cc(Cl)ccc2C1. The van der Waals surface area contributed by atoms with Crippen molar-refractivity contribution in [3.05, 3.63) is 47.2 Å². The minimum absolute atomic E-state index is 0.104. The van der Waals surface area contributed by atoms with Crippen molar-refractivity contribution in [1.82, 2.24) is 19.9 Å². The maximum atomic E-state index is 15.5. The van der Waals surface area contributed by atoms with Crippen LogP contribution in [0.4, 0.5) is 21.8 Å². The van der Waals surface area contributed by atoms with Gasteiger partial charge in [-0.25, -0.2) is 15.0 Å². The van der Waals surface area contributed by atoms with E-state index in [1.54, 1.807) is 12.1 Å². The van der Waals surface area contributed by atoms with Crippen LogP contribution in [0.2, 0.25) is 5.02 Å². The summed E-state index contributed by atoms with van der Waals surface area (Å²) >= 11 is 6.16. The van der Waals surface area contributed by atoms with Crippen LogP contribution in [0.1, 0.15) is 18.4 Å². The Labute approximate surface area is 161 Å². The zero-order chi connectivity index (χ0) is 18.8. The molecule has 3 heterocycles. The molecule has 0 radical (unpaired) electrons. The summed E-state index contributed by atoms with van der Waals surface area (Å²) in [5, 5.41) is 4.32. The predicted molar refractivity (Wildman–Crippen MR) is 106 cm³/mol. The van der Waals surface area contributed by atoms with Gasteiger partial charge in [-0.1, -0.05) is 22.1 Å². The van der Waals surface area contributed by atoms with Crippen molar-refractivity contribution in [2.75, 3.05) is 30.6 Å². The number of halogens is 2. The molecule has 1 aromatic carbocycles. The zero-order valence-corrected chi connectivity index (χ0v) is 15.7. The van der Waals surface area contributed by atoms with Crippen LogP contribution in [0.15, 0.2) is 36.7 Å². The third-order valence-corrected chi connectivity index (χ3v) is 4.86. The van der Waals surface area contributed by atoms with Gasteiger partial charge in [0, 0.05) is 18.1 Å². The number of rotatable bonds is 0. The third kappa shape index (κ3) is 3.79. The van der Waals surface area contributed by atoms with E-state index in [1.165, 1.54) is 6.33 Å². The first-order chi connectivity index (χ1) is 13.1. The van der Waals surface area contributed by atoms with Crippen molar-refractivity contribution in [2.24, 2.45) is 0 Å². The summed E-state index contributed by atoms with van der Waals surface area (Å²) in [5.74, 6) is 0.788. The van der Waals surface area contributed by atoms with E-state index in [9.17, 15) is 0 Å². The molecule has 4 rings (SSSR count). The van der Waals surface area contributed by atoms with E-state index < -0.39 is 0 Å². The molecule has 140 valence electrons. The zero-order valence-electron chi connectivity index (χ0n) is 15.0. The summed E-state index contributed by atoms with van der Waals surface area (Å²) in [7, 11) is 2.03. The number of fused-ring (bicyclic) bond motifs is 2. The van der Waals surface area contributed by atoms with Crippen molar-refractivity contribution in [3.63, 3.8) is 0 Å². The highest BCUT2D eigenvalue weighted by molar-refractivity contribution is 6.30. The Balaban J connectivity index is 1.88. The predicted octanol–water partition coefficient (Wildman–Crippen LogP) is 4.34. The first-order valence-electron chi connectivity index (χ1n) is 8.90. The van der Waals surface area contributed by atoms with E-state index >= 15 is 4.48 Å². The van der Waals surface area contributed by atoms with Gasteiger partial charge in [0.1, 0.15) is 17.7 Å². The highest BCUT2D eigenvalue weighted by Gasteiger charge is 2.20. The third-order valence-electron chi connectivity index (χ3n) is 4.62. The molecule has 0 saturated heterocycles. The van der Waals surface area contributed by atoms with E-state index in [0.29, 0.717) is 39.2 Å². The van der Waals surface area contributed by atoms with Crippen LogP contribution in [-0.4, -0.2) is 40.0 Å². The van der Waals surface area contributed by atoms with Crippen LogP contribution >= 0.6 is 11.6 Å². The van der Waals surface area contributed by atoms with Gasteiger partial charge in [-0.3, -0.25) is 0 Å². The lowest BCUT2D eigenvalue weighted by Gasteiger charge is -2.22. The summed E-state index contributed by atoms with van der Waals surface area (Å²) in [6.07, 6.45) is 3.40. The first-order valence-corrected chi connectivity index (χ1v) is 9.28. The monoisotopic (exact) mass is 386 g/mol. The molecule has 6 nitrogen and oxygen atoms in total. The molecule has 0 spiro atoms. The van der Waals surface area contributed by atoms with Crippen molar-refractivity contribution in [1.29, 1.82) is 0 Å². The van der Waals surface area contributed by atoms with Gasteiger partial charge >= 0.3 is 0 Å². The van der Waals surface area contributed by atoms with Crippen molar-refractivity contribution in [3.8, 4) is 0 Å². The van der Waals surface area contributed by atoms with Gasteiger partial charge in [-0.2, -0.15) is 5.12 Å². The Morgan fingerprint density at radius 2 is 2.04 bits per heavy atom. The maximum Gasteiger partial charge on any atom is 0.192 e. The Kier molecular flexibility index (Phi) is 5.05. The molecule has 27 heavy (non-hydrogen) atoms. The molecule has 0 saturated carbocycles. The normalized spacial score (nSPS) is 16.0. The van der Waals surface area contributed by atoms with Crippen LogP contribution in [0.25, 0.3) is 11.0 Å².